The second kappa shape index (κ2) is 23.9. The fourth-order valence-corrected chi connectivity index (χ4v) is 17.5. The highest BCUT2D eigenvalue weighted by Gasteiger charge is 2.39. The van der Waals surface area contributed by atoms with Gasteiger partial charge in [-0.25, -0.2) is 0 Å². The summed E-state index contributed by atoms with van der Waals surface area (Å²) in [7, 11) is 0. The highest BCUT2D eigenvalue weighted by molar-refractivity contribution is 6.30. The lowest BCUT2D eigenvalue weighted by Gasteiger charge is -2.24. The SMILES string of the molecule is CCCCCCc1ccc(-c2c3ccccc3c(-c3ccc4c(c3)C(C)(C)c3cc(-c5ccc6c(c5)C(C)(C)c5cc(-c7c8ccccc8c(-c8c9ccccc9c(-c9ccc(CCCCCC)cc9)c9ccccc89)c8ccccc78)ccc5-6)ccc3-4)c3ccccc23)cc1. The van der Waals surface area contributed by atoms with Crippen LogP contribution < -0.4 is 0 Å². The molecule has 0 aromatic heterocycles. The normalized spacial score (nSPS) is 13.5. The molecular weight excluding hydrogens is 1150 g/mol. The van der Waals surface area contributed by atoms with Crippen LogP contribution in [0.3, 0.4) is 0 Å². The Kier molecular flexibility index (Phi) is 14.9. The smallest absolute Gasteiger partial charge is 0.0159 e. The molecule has 0 heteroatoms. The third kappa shape index (κ3) is 9.68. The molecule has 0 bridgehead atoms. The molecule has 15 aromatic rings. The average Bonchev–Trinajstić information content (AvgIpc) is 1.02. The van der Waals surface area contributed by atoms with E-state index in [1.807, 2.05) is 0 Å². The summed E-state index contributed by atoms with van der Waals surface area (Å²) in [5.41, 5.74) is 28.7. The Morgan fingerprint density at radius 3 is 0.688 bits per heavy atom. The molecule has 0 nitrogen and oxygen atoms in total. The minimum Gasteiger partial charge on any atom is -0.0654 e. The predicted molar refractivity (Wildman–Crippen MR) is 415 cm³/mol. The minimum absolute atomic E-state index is 0.220. The van der Waals surface area contributed by atoms with Crippen molar-refractivity contribution in [1.29, 1.82) is 0 Å². The van der Waals surface area contributed by atoms with E-state index in [9.17, 15) is 0 Å². The molecule has 0 amide bonds. The molecule has 466 valence electrons. The molecule has 0 heterocycles. The van der Waals surface area contributed by atoms with Crippen LogP contribution in [0.4, 0.5) is 0 Å². The van der Waals surface area contributed by atoms with E-state index in [0.717, 1.165) is 12.8 Å². The zero-order chi connectivity index (χ0) is 64.8. The molecule has 17 rings (SSSR count). The van der Waals surface area contributed by atoms with Gasteiger partial charge in [0.1, 0.15) is 0 Å². The lowest BCUT2D eigenvalue weighted by Crippen LogP contribution is -2.15. The number of rotatable bonds is 16. The summed E-state index contributed by atoms with van der Waals surface area (Å²) >= 11 is 0. The molecule has 2 aliphatic carbocycles. The first-order chi connectivity index (χ1) is 47.1. The quantitative estimate of drug-likeness (QED) is 0.0668. The number of hydrogen-bond acceptors (Lipinski definition) is 0. The van der Waals surface area contributed by atoms with Crippen LogP contribution in [0.2, 0.25) is 0 Å². The van der Waals surface area contributed by atoms with Gasteiger partial charge in [0.2, 0.25) is 0 Å². The lowest BCUT2D eigenvalue weighted by atomic mass is 9.78. The maximum atomic E-state index is 2.54. The number of hydrogen-bond donors (Lipinski definition) is 0. The monoisotopic (exact) mass is 1230 g/mol. The van der Waals surface area contributed by atoms with Crippen LogP contribution in [-0.2, 0) is 23.7 Å². The Morgan fingerprint density at radius 1 is 0.208 bits per heavy atom. The van der Waals surface area contributed by atoms with E-state index in [1.165, 1.54) is 238 Å². The highest BCUT2D eigenvalue weighted by atomic mass is 14.4. The average molecular weight is 1240 g/mol. The lowest BCUT2D eigenvalue weighted by molar-refractivity contribution is 0.660. The maximum Gasteiger partial charge on any atom is 0.0159 e. The van der Waals surface area contributed by atoms with Gasteiger partial charge >= 0.3 is 0 Å². The molecular formula is C96H82. The summed E-state index contributed by atoms with van der Waals surface area (Å²) in [6.07, 6.45) is 12.5. The molecule has 0 unspecified atom stereocenters. The van der Waals surface area contributed by atoms with Gasteiger partial charge < -0.3 is 0 Å². The van der Waals surface area contributed by atoms with Crippen LogP contribution in [0.1, 0.15) is 126 Å². The second-order valence-electron chi connectivity index (χ2n) is 28.8. The molecule has 2 aliphatic rings. The summed E-state index contributed by atoms with van der Waals surface area (Å²) in [4.78, 5) is 0. The minimum atomic E-state index is -0.246. The molecule has 0 N–H and O–H groups in total. The first kappa shape index (κ1) is 59.6. The largest absolute Gasteiger partial charge is 0.0654 e. The van der Waals surface area contributed by atoms with Crippen molar-refractivity contribution < 1.29 is 0 Å². The van der Waals surface area contributed by atoms with Crippen molar-refractivity contribution in [1.82, 2.24) is 0 Å². The number of unbranched alkanes of at least 4 members (excludes halogenated alkanes) is 6. The van der Waals surface area contributed by atoms with Crippen molar-refractivity contribution in [2.24, 2.45) is 0 Å². The van der Waals surface area contributed by atoms with E-state index < -0.39 is 0 Å². The van der Waals surface area contributed by atoms with Gasteiger partial charge in [-0.2, -0.15) is 0 Å². The standard InChI is InChI=1S/C96H82/c1-7-9-11-13-27-61-41-45-63(46-42-61)89-73-29-15-17-31-75(73)91(76-32-18-16-30-74(76)89)67-51-55-71-69-53-49-65(57-85(69)95(3,4)87(71)59-67)66-50-54-70-72-56-52-68(60-88(72)96(5,6)86(70)58-66)92-79-35-21-25-39-83(79)94(84-40-26-22-36-80(84)92)93-81-37-23-19-33-77(81)90(78-34-20-24-38-82(78)93)64-47-43-62(44-48-64)28-14-12-10-8-2/h15-26,29-60H,7-14,27-28H2,1-6H3. The predicted octanol–water partition coefficient (Wildman–Crippen LogP) is 27.5. The Balaban J connectivity index is 0.711. The Morgan fingerprint density at radius 2 is 0.427 bits per heavy atom. The molecule has 0 saturated heterocycles. The van der Waals surface area contributed by atoms with Crippen molar-refractivity contribution in [3.8, 4) is 89.0 Å². The van der Waals surface area contributed by atoms with Crippen LogP contribution in [-0.4, -0.2) is 0 Å². The Bertz CT molecular complexity index is 5420. The summed E-state index contributed by atoms with van der Waals surface area (Å²) < 4.78 is 0. The third-order valence-corrected chi connectivity index (χ3v) is 22.4. The fraction of sp³-hybridized carbons (Fsp3) is 0.188. The maximum absolute atomic E-state index is 2.54. The third-order valence-electron chi connectivity index (χ3n) is 22.4. The molecule has 96 heavy (non-hydrogen) atoms. The number of fused-ring (bicyclic) bond motifs is 12. The number of aryl methyl sites for hydroxylation is 2. The van der Waals surface area contributed by atoms with Crippen LogP contribution in [0, 0.1) is 0 Å². The van der Waals surface area contributed by atoms with E-state index in [2.05, 4.69) is 308 Å². The molecule has 0 saturated carbocycles. The zero-order valence-corrected chi connectivity index (χ0v) is 56.5. The van der Waals surface area contributed by atoms with Crippen LogP contribution in [0.5, 0.6) is 0 Å². The van der Waals surface area contributed by atoms with Gasteiger partial charge in [-0.3, -0.25) is 0 Å². The van der Waals surface area contributed by atoms with Crippen molar-refractivity contribution in [3.63, 3.8) is 0 Å². The van der Waals surface area contributed by atoms with Gasteiger partial charge in [-0.15, -0.1) is 0 Å². The van der Waals surface area contributed by atoms with Gasteiger partial charge in [0, 0.05) is 10.8 Å². The van der Waals surface area contributed by atoms with Crippen LogP contribution >= 0.6 is 0 Å². The molecule has 15 aromatic carbocycles. The summed E-state index contributed by atoms with van der Waals surface area (Å²) in [5, 5.41) is 15.4. The van der Waals surface area contributed by atoms with E-state index in [4.69, 9.17) is 0 Å². The van der Waals surface area contributed by atoms with Crippen molar-refractivity contribution in [3.05, 3.63) is 300 Å². The van der Waals surface area contributed by atoms with Crippen molar-refractivity contribution >= 4 is 64.6 Å². The van der Waals surface area contributed by atoms with Gasteiger partial charge in [0.25, 0.3) is 0 Å². The number of benzene rings is 15. The van der Waals surface area contributed by atoms with E-state index in [-0.39, 0.29) is 10.8 Å². The second-order valence-corrected chi connectivity index (χ2v) is 28.8. The van der Waals surface area contributed by atoms with Crippen LogP contribution in [0.15, 0.2) is 267 Å². The first-order valence-corrected chi connectivity index (χ1v) is 35.7. The molecule has 0 spiro atoms. The molecule has 0 aliphatic heterocycles. The van der Waals surface area contributed by atoms with Gasteiger partial charge in [0.15, 0.2) is 0 Å². The summed E-state index contributed by atoms with van der Waals surface area (Å²) in [5.74, 6) is 0. The van der Waals surface area contributed by atoms with E-state index in [0.29, 0.717) is 0 Å². The van der Waals surface area contributed by atoms with Gasteiger partial charge in [-0.05, 0) is 237 Å². The van der Waals surface area contributed by atoms with Gasteiger partial charge in [-0.1, -0.05) is 323 Å². The molecule has 0 radical (unpaired) electrons. The topological polar surface area (TPSA) is 0 Å². The Hall–Kier alpha value is -10.1. The van der Waals surface area contributed by atoms with Crippen molar-refractivity contribution in [2.45, 2.75) is 117 Å². The zero-order valence-electron chi connectivity index (χ0n) is 56.5. The van der Waals surface area contributed by atoms with Crippen LogP contribution in [0.25, 0.3) is 154 Å². The molecule has 0 fully saturated rings. The van der Waals surface area contributed by atoms with E-state index in [1.54, 1.807) is 0 Å². The highest BCUT2D eigenvalue weighted by Crippen LogP contribution is 2.56. The summed E-state index contributed by atoms with van der Waals surface area (Å²) in [6.45, 7) is 14.3. The Labute approximate surface area is 567 Å². The molecule has 0 atom stereocenters. The van der Waals surface area contributed by atoms with E-state index >= 15 is 0 Å². The first-order valence-electron chi connectivity index (χ1n) is 35.7. The van der Waals surface area contributed by atoms with Gasteiger partial charge in [0.05, 0.1) is 0 Å². The summed E-state index contributed by atoms with van der Waals surface area (Å²) in [6, 6.07) is 103. The van der Waals surface area contributed by atoms with Crippen molar-refractivity contribution in [2.75, 3.05) is 0 Å². The fourth-order valence-electron chi connectivity index (χ4n) is 17.5.